The Morgan fingerprint density at radius 3 is 2.19 bits per heavy atom. The second kappa shape index (κ2) is 8.16. The minimum absolute atomic E-state index is 0.0204. The molecule has 1 amide bonds. The van der Waals surface area contributed by atoms with Crippen LogP contribution in [0.1, 0.15) is 30.1 Å². The van der Waals surface area contributed by atoms with E-state index in [0.717, 1.165) is 0 Å². The molecule has 0 aromatic heterocycles. The molecule has 0 fully saturated rings. The van der Waals surface area contributed by atoms with Gasteiger partial charge in [-0.15, -0.1) is 0 Å². The largest absolute Gasteiger partial charge is 0.481 e. The summed E-state index contributed by atoms with van der Waals surface area (Å²) in [7, 11) is 1.78. The third kappa shape index (κ3) is 6.67. The van der Waals surface area contributed by atoms with Gasteiger partial charge in [-0.3, -0.25) is 14.4 Å². The maximum atomic E-state index is 11.8. The Morgan fingerprint density at radius 1 is 1.10 bits per heavy atom. The highest BCUT2D eigenvalue weighted by Crippen LogP contribution is 2.10. The molecule has 0 atom stereocenters. The summed E-state index contributed by atoms with van der Waals surface area (Å²) in [6.07, 6.45) is 0.342. The summed E-state index contributed by atoms with van der Waals surface area (Å²) < 4.78 is 0. The van der Waals surface area contributed by atoms with Gasteiger partial charge in [0, 0.05) is 30.8 Å². The molecule has 0 radical (unpaired) electrons. The number of carbonyl (C=O) groups is 3. The predicted molar refractivity (Wildman–Crippen MR) is 79.4 cm³/mol. The number of carboxylic acid groups (broad SMARTS) is 1. The number of ketones is 1. The van der Waals surface area contributed by atoms with Gasteiger partial charge in [0.05, 0.1) is 6.42 Å². The van der Waals surface area contributed by atoms with Crippen LogP contribution in [0.5, 0.6) is 0 Å². The second-order valence-electron chi connectivity index (χ2n) is 4.88. The van der Waals surface area contributed by atoms with Crippen LogP contribution in [0, 0.1) is 0 Å². The first-order valence-corrected chi connectivity index (χ1v) is 6.69. The van der Waals surface area contributed by atoms with Crippen LogP contribution in [0.15, 0.2) is 24.3 Å². The zero-order chi connectivity index (χ0) is 15.8. The monoisotopic (exact) mass is 292 g/mol. The van der Waals surface area contributed by atoms with E-state index in [4.69, 9.17) is 5.11 Å². The fraction of sp³-hybridized carbons (Fsp3) is 0.400. The van der Waals surface area contributed by atoms with Gasteiger partial charge in [0.25, 0.3) is 0 Å². The third-order valence-corrected chi connectivity index (χ3v) is 3.00. The fourth-order valence-corrected chi connectivity index (χ4v) is 1.70. The van der Waals surface area contributed by atoms with Crippen molar-refractivity contribution < 1.29 is 19.5 Å². The summed E-state index contributed by atoms with van der Waals surface area (Å²) >= 11 is 0. The van der Waals surface area contributed by atoms with Gasteiger partial charge in [0.2, 0.25) is 5.91 Å². The van der Waals surface area contributed by atoms with E-state index in [1.807, 2.05) is 0 Å². The lowest BCUT2D eigenvalue weighted by atomic mass is 10.1. The first kappa shape index (κ1) is 16.8. The van der Waals surface area contributed by atoms with Crippen molar-refractivity contribution in [3.05, 3.63) is 29.8 Å². The first-order valence-electron chi connectivity index (χ1n) is 6.69. The van der Waals surface area contributed by atoms with E-state index < -0.39 is 5.97 Å². The Balaban J connectivity index is 2.36. The molecule has 0 aliphatic rings. The number of nitrogens with zero attached hydrogens (tertiary/aromatic N) is 1. The van der Waals surface area contributed by atoms with Gasteiger partial charge in [-0.1, -0.05) is 0 Å². The number of carbonyl (C=O) groups excluding carboxylic acids is 2. The summed E-state index contributed by atoms with van der Waals surface area (Å²) in [6, 6.07) is 6.69. The van der Waals surface area contributed by atoms with Gasteiger partial charge >= 0.3 is 5.97 Å². The molecule has 0 bridgehead atoms. The normalized spacial score (nSPS) is 10.4. The SMILES string of the molecule is CC(=O)c1ccc(NC(=O)CCN(C)CCC(=O)O)cc1. The molecule has 0 aliphatic heterocycles. The average Bonchev–Trinajstić information content (AvgIpc) is 2.43. The number of nitrogens with one attached hydrogen (secondary N) is 1. The van der Waals surface area contributed by atoms with Crippen molar-refractivity contribution >= 4 is 23.3 Å². The van der Waals surface area contributed by atoms with E-state index in [0.29, 0.717) is 24.3 Å². The number of rotatable bonds is 8. The number of aliphatic carboxylic acids is 1. The van der Waals surface area contributed by atoms with Crippen molar-refractivity contribution in [1.29, 1.82) is 0 Å². The summed E-state index contributed by atoms with van der Waals surface area (Å²) in [4.78, 5) is 35.1. The van der Waals surface area contributed by atoms with Crippen molar-refractivity contribution in [1.82, 2.24) is 4.90 Å². The summed E-state index contributed by atoms with van der Waals surface area (Å²) in [5, 5.41) is 11.3. The molecular weight excluding hydrogens is 272 g/mol. The van der Waals surface area contributed by atoms with Gasteiger partial charge in [-0.25, -0.2) is 0 Å². The van der Waals surface area contributed by atoms with Gasteiger partial charge in [0.15, 0.2) is 5.78 Å². The molecule has 6 nitrogen and oxygen atoms in total. The smallest absolute Gasteiger partial charge is 0.304 e. The average molecular weight is 292 g/mol. The van der Waals surface area contributed by atoms with Crippen LogP contribution in [-0.2, 0) is 9.59 Å². The minimum atomic E-state index is -0.850. The lowest BCUT2D eigenvalue weighted by Gasteiger charge is -2.15. The molecule has 0 saturated carbocycles. The second-order valence-corrected chi connectivity index (χ2v) is 4.88. The summed E-state index contributed by atoms with van der Waals surface area (Å²) in [5.74, 6) is -1.02. The number of benzene rings is 1. The van der Waals surface area contributed by atoms with Crippen LogP contribution >= 0.6 is 0 Å². The van der Waals surface area contributed by atoms with Crippen LogP contribution in [0.4, 0.5) is 5.69 Å². The Morgan fingerprint density at radius 2 is 1.67 bits per heavy atom. The lowest BCUT2D eigenvalue weighted by Crippen LogP contribution is -2.26. The Labute approximate surface area is 123 Å². The van der Waals surface area contributed by atoms with E-state index in [9.17, 15) is 14.4 Å². The first-order chi connectivity index (χ1) is 9.88. The number of hydrogen-bond donors (Lipinski definition) is 2. The quantitative estimate of drug-likeness (QED) is 0.711. The number of hydrogen-bond acceptors (Lipinski definition) is 4. The molecule has 21 heavy (non-hydrogen) atoms. The molecule has 6 heteroatoms. The van der Waals surface area contributed by atoms with E-state index in [1.165, 1.54) is 6.92 Å². The zero-order valence-electron chi connectivity index (χ0n) is 12.3. The Hall–Kier alpha value is -2.21. The van der Waals surface area contributed by atoms with Crippen LogP contribution in [-0.4, -0.2) is 47.8 Å². The van der Waals surface area contributed by atoms with Crippen LogP contribution in [0.2, 0.25) is 0 Å². The number of anilines is 1. The zero-order valence-corrected chi connectivity index (χ0v) is 12.3. The molecule has 1 aromatic carbocycles. The van der Waals surface area contributed by atoms with Crippen molar-refractivity contribution in [2.45, 2.75) is 19.8 Å². The predicted octanol–water partition coefficient (Wildman–Crippen LogP) is 1.62. The summed E-state index contributed by atoms with van der Waals surface area (Å²) in [6.45, 7) is 2.39. The molecule has 0 unspecified atom stereocenters. The Kier molecular flexibility index (Phi) is 6.55. The van der Waals surface area contributed by atoms with Crippen LogP contribution in [0.3, 0.4) is 0 Å². The van der Waals surface area contributed by atoms with Crippen molar-refractivity contribution in [2.75, 3.05) is 25.5 Å². The highest BCUT2D eigenvalue weighted by Gasteiger charge is 2.07. The van der Waals surface area contributed by atoms with Gasteiger partial charge in [0.1, 0.15) is 0 Å². The summed E-state index contributed by atoms with van der Waals surface area (Å²) in [5.41, 5.74) is 1.24. The van der Waals surface area contributed by atoms with Crippen molar-refractivity contribution in [2.24, 2.45) is 0 Å². The fourth-order valence-electron chi connectivity index (χ4n) is 1.70. The van der Waals surface area contributed by atoms with Gasteiger partial charge < -0.3 is 15.3 Å². The molecule has 1 rings (SSSR count). The van der Waals surface area contributed by atoms with Gasteiger partial charge in [-0.05, 0) is 38.2 Å². The molecule has 0 aliphatic carbocycles. The lowest BCUT2D eigenvalue weighted by molar-refractivity contribution is -0.137. The number of Topliss-reactive ketones (excluding diaryl/α,β-unsaturated/α-hetero) is 1. The Bertz CT molecular complexity index is 511. The van der Waals surface area contributed by atoms with Crippen LogP contribution in [0.25, 0.3) is 0 Å². The molecule has 0 spiro atoms. The highest BCUT2D eigenvalue weighted by atomic mass is 16.4. The number of amides is 1. The molecule has 114 valence electrons. The minimum Gasteiger partial charge on any atom is -0.481 e. The van der Waals surface area contributed by atoms with E-state index in [-0.39, 0.29) is 24.5 Å². The molecule has 1 aromatic rings. The van der Waals surface area contributed by atoms with E-state index in [2.05, 4.69) is 5.32 Å². The van der Waals surface area contributed by atoms with Crippen molar-refractivity contribution in [3.63, 3.8) is 0 Å². The molecular formula is C15H20N2O4. The van der Waals surface area contributed by atoms with Gasteiger partial charge in [-0.2, -0.15) is 0 Å². The molecule has 0 heterocycles. The maximum absolute atomic E-state index is 11.8. The molecule has 2 N–H and O–H groups in total. The van der Waals surface area contributed by atoms with E-state index >= 15 is 0 Å². The van der Waals surface area contributed by atoms with Crippen molar-refractivity contribution in [3.8, 4) is 0 Å². The number of carboxylic acids is 1. The standard InChI is InChI=1S/C15H20N2O4/c1-11(18)12-3-5-13(6-4-12)16-14(19)7-9-17(2)10-8-15(20)21/h3-6H,7-10H2,1-2H3,(H,16,19)(H,20,21). The highest BCUT2D eigenvalue weighted by molar-refractivity contribution is 5.95. The topological polar surface area (TPSA) is 86.7 Å². The van der Waals surface area contributed by atoms with Crippen LogP contribution < -0.4 is 5.32 Å². The maximum Gasteiger partial charge on any atom is 0.304 e. The third-order valence-electron chi connectivity index (χ3n) is 3.00. The molecule has 0 saturated heterocycles. The van der Waals surface area contributed by atoms with E-state index in [1.54, 1.807) is 36.2 Å².